The maximum Gasteiger partial charge on any atom is 0.227 e. The summed E-state index contributed by atoms with van der Waals surface area (Å²) in [5.41, 5.74) is 4.21. The molecule has 2 rings (SSSR count). The lowest BCUT2D eigenvalue weighted by Gasteiger charge is -2.31. The van der Waals surface area contributed by atoms with Gasteiger partial charge < -0.3 is 10.8 Å². The summed E-state index contributed by atoms with van der Waals surface area (Å²) in [7, 11) is 0. The first-order valence-corrected chi connectivity index (χ1v) is 4.52. The lowest BCUT2D eigenvalue weighted by molar-refractivity contribution is -0.126. The van der Waals surface area contributed by atoms with Gasteiger partial charge in [0.1, 0.15) is 5.60 Å². The molecule has 0 radical (unpaired) electrons. The summed E-state index contributed by atoms with van der Waals surface area (Å²) in [6, 6.07) is 0. The minimum atomic E-state index is -1.01. The molecule has 0 heterocycles. The number of hydrogen-bond acceptors (Lipinski definition) is 2. The molecule has 0 aromatic rings. The number of carbonyl (C=O) groups excluding carboxylic acids is 1. The Labute approximate surface area is 76.9 Å². The van der Waals surface area contributed by atoms with Crippen LogP contribution in [-0.2, 0) is 4.79 Å². The van der Waals surface area contributed by atoms with Gasteiger partial charge in [-0.3, -0.25) is 4.79 Å². The van der Waals surface area contributed by atoms with E-state index < -0.39 is 17.4 Å². The molecule has 2 unspecified atom stereocenters. The highest BCUT2D eigenvalue weighted by Crippen LogP contribution is 2.45. The van der Waals surface area contributed by atoms with E-state index in [9.17, 15) is 9.90 Å². The fourth-order valence-electron chi connectivity index (χ4n) is 1.90. The van der Waals surface area contributed by atoms with Gasteiger partial charge in [-0.15, -0.1) is 0 Å². The number of hydrogen-bond donors (Lipinski definition) is 2. The van der Waals surface area contributed by atoms with Crippen molar-refractivity contribution in [3.63, 3.8) is 0 Å². The predicted molar refractivity (Wildman–Crippen MR) is 48.6 cm³/mol. The van der Waals surface area contributed by atoms with E-state index in [4.69, 9.17) is 5.73 Å². The third-order valence-corrected chi connectivity index (χ3v) is 2.81. The van der Waals surface area contributed by atoms with E-state index in [0.717, 1.165) is 12.8 Å². The number of allylic oxidation sites excluding steroid dienone is 2. The van der Waals surface area contributed by atoms with Crippen molar-refractivity contribution in [2.45, 2.75) is 18.4 Å². The second kappa shape index (κ2) is 2.70. The first kappa shape index (κ1) is 8.51. The summed E-state index contributed by atoms with van der Waals surface area (Å²) >= 11 is 0. The fraction of sp³-hybridized carbons (Fsp3) is 0.500. The minimum Gasteiger partial charge on any atom is -0.384 e. The van der Waals surface area contributed by atoms with Crippen molar-refractivity contribution < 1.29 is 9.90 Å². The smallest absolute Gasteiger partial charge is 0.227 e. The van der Waals surface area contributed by atoms with Crippen LogP contribution in [0.5, 0.6) is 0 Å². The molecule has 1 saturated carbocycles. The molecule has 2 aliphatic rings. The van der Waals surface area contributed by atoms with Crippen LogP contribution in [0.15, 0.2) is 24.3 Å². The molecule has 0 spiro atoms. The highest BCUT2D eigenvalue weighted by Gasteiger charge is 2.49. The molecule has 2 atom stereocenters. The molecule has 70 valence electrons. The molecule has 3 N–H and O–H groups in total. The van der Waals surface area contributed by atoms with Gasteiger partial charge in [-0.05, 0) is 18.8 Å². The molecular formula is C10H13NO2. The number of primary amides is 1. The molecule has 0 bridgehead atoms. The van der Waals surface area contributed by atoms with Gasteiger partial charge in [-0.1, -0.05) is 24.3 Å². The average Bonchev–Trinajstić information content (AvgIpc) is 2.86. The first-order chi connectivity index (χ1) is 6.14. The molecule has 1 amide bonds. The third kappa shape index (κ3) is 1.29. The van der Waals surface area contributed by atoms with Gasteiger partial charge in [0, 0.05) is 0 Å². The van der Waals surface area contributed by atoms with Crippen LogP contribution >= 0.6 is 0 Å². The zero-order valence-electron chi connectivity index (χ0n) is 7.31. The zero-order valence-corrected chi connectivity index (χ0v) is 7.31. The summed E-state index contributed by atoms with van der Waals surface area (Å²) in [6.45, 7) is 0. The highest BCUT2D eigenvalue weighted by molar-refractivity contribution is 5.81. The molecule has 2 aliphatic carbocycles. The second-order valence-corrected chi connectivity index (χ2v) is 3.79. The van der Waals surface area contributed by atoms with E-state index in [1.54, 1.807) is 24.3 Å². The number of aliphatic hydroxyl groups is 1. The van der Waals surface area contributed by atoms with E-state index in [0.29, 0.717) is 0 Å². The average molecular weight is 179 g/mol. The van der Waals surface area contributed by atoms with Crippen molar-refractivity contribution in [3.8, 4) is 0 Å². The molecule has 0 aromatic heterocycles. The SMILES string of the molecule is NC(=O)C1C=CC=CC1(O)C1CC1. The van der Waals surface area contributed by atoms with E-state index >= 15 is 0 Å². The van der Waals surface area contributed by atoms with Crippen molar-refractivity contribution in [2.75, 3.05) is 0 Å². The van der Waals surface area contributed by atoms with Crippen LogP contribution in [0.4, 0.5) is 0 Å². The molecule has 1 fully saturated rings. The maximum absolute atomic E-state index is 11.1. The zero-order chi connectivity index (χ0) is 9.47. The predicted octanol–water partition coefficient (Wildman–Crippen LogP) is 0.355. The fourth-order valence-corrected chi connectivity index (χ4v) is 1.90. The first-order valence-electron chi connectivity index (χ1n) is 4.52. The summed E-state index contributed by atoms with van der Waals surface area (Å²) in [5, 5.41) is 10.2. The van der Waals surface area contributed by atoms with Gasteiger partial charge >= 0.3 is 0 Å². The van der Waals surface area contributed by atoms with Crippen LogP contribution in [0.25, 0.3) is 0 Å². The van der Waals surface area contributed by atoms with Crippen LogP contribution in [0, 0.1) is 11.8 Å². The Hall–Kier alpha value is -1.09. The van der Waals surface area contributed by atoms with Crippen LogP contribution in [-0.4, -0.2) is 16.6 Å². The largest absolute Gasteiger partial charge is 0.384 e. The van der Waals surface area contributed by atoms with Gasteiger partial charge in [0.25, 0.3) is 0 Å². The lowest BCUT2D eigenvalue weighted by Crippen LogP contribution is -2.45. The maximum atomic E-state index is 11.1. The van der Waals surface area contributed by atoms with Crippen LogP contribution in [0.2, 0.25) is 0 Å². The molecule has 3 heteroatoms. The second-order valence-electron chi connectivity index (χ2n) is 3.79. The number of rotatable bonds is 2. The Morgan fingerprint density at radius 1 is 1.46 bits per heavy atom. The van der Waals surface area contributed by atoms with Crippen molar-refractivity contribution in [1.82, 2.24) is 0 Å². The van der Waals surface area contributed by atoms with Crippen molar-refractivity contribution in [3.05, 3.63) is 24.3 Å². The molecule has 13 heavy (non-hydrogen) atoms. The van der Waals surface area contributed by atoms with E-state index in [1.165, 1.54) is 0 Å². The van der Waals surface area contributed by atoms with Crippen molar-refractivity contribution in [2.24, 2.45) is 17.6 Å². The molecular weight excluding hydrogens is 166 g/mol. The quantitative estimate of drug-likeness (QED) is 0.642. The topological polar surface area (TPSA) is 63.3 Å². The van der Waals surface area contributed by atoms with Gasteiger partial charge in [0.05, 0.1) is 5.92 Å². The highest BCUT2D eigenvalue weighted by atomic mass is 16.3. The molecule has 0 aliphatic heterocycles. The van der Waals surface area contributed by atoms with Crippen LogP contribution in [0.1, 0.15) is 12.8 Å². The monoisotopic (exact) mass is 179 g/mol. The van der Waals surface area contributed by atoms with Crippen LogP contribution in [0.3, 0.4) is 0 Å². The van der Waals surface area contributed by atoms with Gasteiger partial charge in [-0.25, -0.2) is 0 Å². The number of carbonyl (C=O) groups is 1. The van der Waals surface area contributed by atoms with Crippen molar-refractivity contribution in [1.29, 1.82) is 0 Å². The number of nitrogens with two attached hydrogens (primary N) is 1. The molecule has 0 aromatic carbocycles. The Morgan fingerprint density at radius 2 is 2.15 bits per heavy atom. The Balaban J connectivity index is 2.28. The minimum absolute atomic E-state index is 0.214. The standard InChI is InChI=1S/C10H13NO2/c11-9(12)8-3-1-2-6-10(8,13)7-4-5-7/h1-3,6-8,13H,4-5H2,(H2,11,12). The summed E-state index contributed by atoms with van der Waals surface area (Å²) < 4.78 is 0. The van der Waals surface area contributed by atoms with Crippen LogP contribution < -0.4 is 5.73 Å². The van der Waals surface area contributed by atoms with Gasteiger partial charge in [-0.2, -0.15) is 0 Å². The normalized spacial score (nSPS) is 37.8. The summed E-state index contributed by atoms with van der Waals surface area (Å²) in [4.78, 5) is 11.1. The molecule has 0 saturated heterocycles. The Bertz CT molecular complexity index is 291. The summed E-state index contributed by atoms with van der Waals surface area (Å²) in [5.74, 6) is -0.786. The molecule has 3 nitrogen and oxygen atoms in total. The van der Waals surface area contributed by atoms with E-state index in [-0.39, 0.29) is 5.92 Å². The summed E-state index contributed by atoms with van der Waals surface area (Å²) in [6.07, 6.45) is 8.88. The third-order valence-electron chi connectivity index (χ3n) is 2.81. The van der Waals surface area contributed by atoms with Gasteiger partial charge in [0.2, 0.25) is 5.91 Å². The van der Waals surface area contributed by atoms with E-state index in [1.807, 2.05) is 0 Å². The Morgan fingerprint density at radius 3 is 2.69 bits per heavy atom. The van der Waals surface area contributed by atoms with E-state index in [2.05, 4.69) is 0 Å². The van der Waals surface area contributed by atoms with Crippen molar-refractivity contribution >= 4 is 5.91 Å². The van der Waals surface area contributed by atoms with Gasteiger partial charge in [0.15, 0.2) is 0 Å². The lowest BCUT2D eigenvalue weighted by atomic mass is 9.79. The number of amides is 1. The Kier molecular flexibility index (Phi) is 1.77.